The predicted octanol–water partition coefficient (Wildman–Crippen LogP) is 1.23. The SMILES string of the molecule is CCOc1nc(Br)no1. The molecule has 4 nitrogen and oxygen atoms in total. The fourth-order valence-corrected chi connectivity index (χ4v) is 0.592. The molecule has 0 atom stereocenters. The van der Waals surface area contributed by atoms with Gasteiger partial charge in [-0.2, -0.15) is 0 Å². The summed E-state index contributed by atoms with van der Waals surface area (Å²) in [5.41, 5.74) is 0. The molecule has 5 heteroatoms. The van der Waals surface area contributed by atoms with Crippen molar-refractivity contribution in [2.75, 3.05) is 6.61 Å². The fourth-order valence-electron chi connectivity index (χ4n) is 0.375. The van der Waals surface area contributed by atoms with Gasteiger partial charge in [0.05, 0.1) is 6.61 Å². The van der Waals surface area contributed by atoms with Crippen LogP contribution in [0.1, 0.15) is 6.92 Å². The molecule has 9 heavy (non-hydrogen) atoms. The van der Waals surface area contributed by atoms with E-state index in [1.54, 1.807) is 0 Å². The third-order valence-corrected chi connectivity index (χ3v) is 0.973. The molecule has 0 aromatic carbocycles. The minimum absolute atomic E-state index is 0.198. The molecule has 0 aliphatic heterocycles. The van der Waals surface area contributed by atoms with Crippen molar-refractivity contribution in [2.24, 2.45) is 0 Å². The van der Waals surface area contributed by atoms with E-state index in [4.69, 9.17) is 4.74 Å². The summed E-state index contributed by atoms with van der Waals surface area (Å²) in [6.45, 7) is 2.38. The minimum atomic E-state index is 0.198. The molecule has 1 heterocycles. The monoisotopic (exact) mass is 192 g/mol. The van der Waals surface area contributed by atoms with Gasteiger partial charge in [-0.1, -0.05) is 0 Å². The molecule has 50 valence electrons. The Kier molecular flexibility index (Phi) is 2.05. The normalized spacial score (nSPS) is 9.56. The Morgan fingerprint density at radius 1 is 1.78 bits per heavy atom. The minimum Gasteiger partial charge on any atom is -0.449 e. The molecule has 1 aromatic rings. The lowest BCUT2D eigenvalue weighted by molar-refractivity contribution is 0.215. The first kappa shape index (κ1) is 6.54. The molecule has 0 saturated heterocycles. The third-order valence-electron chi connectivity index (χ3n) is 0.650. The number of hydrogen-bond acceptors (Lipinski definition) is 4. The first-order valence-electron chi connectivity index (χ1n) is 2.45. The molecule has 0 aliphatic rings. The maximum atomic E-state index is 4.86. The van der Waals surface area contributed by atoms with Crippen molar-refractivity contribution >= 4 is 15.9 Å². The van der Waals surface area contributed by atoms with Gasteiger partial charge in [0.25, 0.3) is 0 Å². The Morgan fingerprint density at radius 3 is 3.00 bits per heavy atom. The van der Waals surface area contributed by atoms with Crippen LogP contribution in [-0.4, -0.2) is 16.7 Å². The van der Waals surface area contributed by atoms with Gasteiger partial charge >= 0.3 is 6.08 Å². The summed E-state index contributed by atoms with van der Waals surface area (Å²) < 4.78 is 9.84. The molecule has 1 aromatic heterocycles. The van der Waals surface area contributed by atoms with E-state index < -0.39 is 0 Å². The number of ether oxygens (including phenoxy) is 1. The zero-order valence-electron chi connectivity index (χ0n) is 4.80. The van der Waals surface area contributed by atoms with Crippen LogP contribution in [0.25, 0.3) is 0 Å². The molecule has 0 saturated carbocycles. The first-order valence-corrected chi connectivity index (χ1v) is 3.24. The molecule has 0 bridgehead atoms. The number of rotatable bonds is 2. The number of halogens is 1. The van der Waals surface area contributed by atoms with Crippen molar-refractivity contribution in [3.8, 4) is 6.08 Å². The van der Waals surface area contributed by atoms with Crippen molar-refractivity contribution in [1.29, 1.82) is 0 Å². The van der Waals surface area contributed by atoms with Gasteiger partial charge in [0.15, 0.2) is 0 Å². The quantitative estimate of drug-likeness (QED) is 0.708. The zero-order valence-corrected chi connectivity index (χ0v) is 6.38. The average molecular weight is 193 g/mol. The molecule has 0 spiro atoms. The second-order valence-electron chi connectivity index (χ2n) is 1.26. The van der Waals surface area contributed by atoms with Crippen LogP contribution in [0.15, 0.2) is 9.26 Å². The molecule has 0 N–H and O–H groups in total. The summed E-state index contributed by atoms with van der Waals surface area (Å²) >= 11 is 3.01. The highest BCUT2D eigenvalue weighted by Gasteiger charge is 2.00. The van der Waals surface area contributed by atoms with E-state index in [-0.39, 0.29) is 6.08 Å². The zero-order chi connectivity index (χ0) is 6.69. The van der Waals surface area contributed by atoms with Gasteiger partial charge in [-0.15, -0.1) is 4.98 Å². The Labute approximate surface area is 60.3 Å². The number of nitrogens with zero attached hydrogens (tertiary/aromatic N) is 2. The standard InChI is InChI=1S/C4H5BrN2O2/c1-2-8-4-6-3(5)7-9-4/h2H2,1H3. The van der Waals surface area contributed by atoms with Gasteiger partial charge < -0.3 is 4.74 Å². The van der Waals surface area contributed by atoms with Gasteiger partial charge in [-0.3, -0.25) is 4.52 Å². The lowest BCUT2D eigenvalue weighted by atomic mass is 10.9. The van der Waals surface area contributed by atoms with Crippen LogP contribution in [0.2, 0.25) is 0 Å². The summed E-state index contributed by atoms with van der Waals surface area (Å²) in [7, 11) is 0. The van der Waals surface area contributed by atoms with Gasteiger partial charge in [0.2, 0.25) is 4.73 Å². The van der Waals surface area contributed by atoms with Crippen LogP contribution in [-0.2, 0) is 0 Å². The van der Waals surface area contributed by atoms with Gasteiger partial charge in [-0.25, -0.2) is 0 Å². The van der Waals surface area contributed by atoms with Gasteiger partial charge in [-0.05, 0) is 28.0 Å². The maximum absolute atomic E-state index is 4.86. The van der Waals surface area contributed by atoms with Crippen molar-refractivity contribution in [1.82, 2.24) is 10.1 Å². The summed E-state index contributed by atoms with van der Waals surface area (Å²) in [5.74, 6) is 0. The molecule has 0 unspecified atom stereocenters. The molecular weight excluding hydrogens is 188 g/mol. The van der Waals surface area contributed by atoms with Crippen LogP contribution in [0, 0.1) is 0 Å². The Bertz CT molecular complexity index is 188. The lowest BCUT2D eigenvalue weighted by Gasteiger charge is -1.88. The van der Waals surface area contributed by atoms with Crippen molar-refractivity contribution in [2.45, 2.75) is 6.92 Å². The topological polar surface area (TPSA) is 48.2 Å². The van der Waals surface area contributed by atoms with E-state index >= 15 is 0 Å². The van der Waals surface area contributed by atoms with E-state index in [1.165, 1.54) is 0 Å². The van der Waals surface area contributed by atoms with E-state index in [0.717, 1.165) is 0 Å². The first-order chi connectivity index (χ1) is 4.33. The van der Waals surface area contributed by atoms with Crippen molar-refractivity contribution in [3.63, 3.8) is 0 Å². The Hall–Kier alpha value is -0.580. The van der Waals surface area contributed by atoms with Gasteiger partial charge in [0, 0.05) is 0 Å². The van der Waals surface area contributed by atoms with Crippen LogP contribution >= 0.6 is 15.9 Å². The summed E-state index contributed by atoms with van der Waals surface area (Å²) in [6, 6.07) is 0. The van der Waals surface area contributed by atoms with E-state index in [0.29, 0.717) is 11.3 Å². The molecule has 0 amide bonds. The number of hydrogen-bond donors (Lipinski definition) is 0. The highest BCUT2D eigenvalue weighted by molar-refractivity contribution is 9.10. The van der Waals surface area contributed by atoms with Crippen LogP contribution < -0.4 is 4.74 Å². The van der Waals surface area contributed by atoms with Crippen LogP contribution in [0.3, 0.4) is 0 Å². The average Bonchev–Trinajstić information content (AvgIpc) is 2.17. The third kappa shape index (κ3) is 1.67. The lowest BCUT2D eigenvalue weighted by Crippen LogP contribution is -1.90. The Morgan fingerprint density at radius 2 is 2.56 bits per heavy atom. The highest BCUT2D eigenvalue weighted by Crippen LogP contribution is 2.09. The molecule has 0 aliphatic carbocycles. The molecular formula is C4H5BrN2O2. The van der Waals surface area contributed by atoms with Crippen LogP contribution in [0.5, 0.6) is 6.08 Å². The van der Waals surface area contributed by atoms with E-state index in [1.807, 2.05) is 6.92 Å². The molecule has 0 fully saturated rings. The molecule has 1 rings (SSSR count). The van der Waals surface area contributed by atoms with Crippen molar-refractivity contribution in [3.05, 3.63) is 4.73 Å². The highest BCUT2D eigenvalue weighted by atomic mass is 79.9. The summed E-state index contributed by atoms with van der Waals surface area (Å²) in [4.78, 5) is 3.72. The van der Waals surface area contributed by atoms with E-state index in [9.17, 15) is 0 Å². The maximum Gasteiger partial charge on any atom is 0.418 e. The Balaban J connectivity index is 2.61. The number of aromatic nitrogens is 2. The van der Waals surface area contributed by atoms with Crippen molar-refractivity contribution < 1.29 is 9.26 Å². The smallest absolute Gasteiger partial charge is 0.418 e. The van der Waals surface area contributed by atoms with E-state index in [2.05, 4.69) is 30.6 Å². The van der Waals surface area contributed by atoms with Gasteiger partial charge in [0.1, 0.15) is 0 Å². The summed E-state index contributed by atoms with van der Waals surface area (Å²) in [5, 5.41) is 3.44. The second kappa shape index (κ2) is 2.82. The molecule has 0 radical (unpaired) electrons. The summed E-state index contributed by atoms with van der Waals surface area (Å²) in [6.07, 6.45) is 0.198. The van der Waals surface area contributed by atoms with Crippen LogP contribution in [0.4, 0.5) is 0 Å². The predicted molar refractivity (Wildman–Crippen MR) is 33.2 cm³/mol. The largest absolute Gasteiger partial charge is 0.449 e. The second-order valence-corrected chi connectivity index (χ2v) is 1.97. The fraction of sp³-hybridized carbons (Fsp3) is 0.500.